The molecular weight excluding hydrogens is 486 g/mol. The molecule has 3 N–H and O–H groups in total. The van der Waals surface area contributed by atoms with Crippen molar-refractivity contribution < 1.29 is 18.3 Å². The van der Waals surface area contributed by atoms with E-state index in [4.69, 9.17) is 0 Å². The van der Waals surface area contributed by atoms with E-state index >= 15 is 0 Å². The summed E-state index contributed by atoms with van der Waals surface area (Å²) >= 11 is 0. The van der Waals surface area contributed by atoms with Crippen molar-refractivity contribution in [1.29, 1.82) is 0 Å². The number of nitrogens with zero attached hydrogens (tertiary/aromatic N) is 3. The third-order valence-electron chi connectivity index (χ3n) is 5.52. The van der Waals surface area contributed by atoms with Crippen LogP contribution >= 0.6 is 24.0 Å². The van der Waals surface area contributed by atoms with E-state index in [0.29, 0.717) is 19.0 Å². The fourth-order valence-corrected chi connectivity index (χ4v) is 3.40. The van der Waals surface area contributed by atoms with Gasteiger partial charge in [-0.05, 0) is 31.6 Å². The second-order valence-corrected chi connectivity index (χ2v) is 7.30. The highest BCUT2D eigenvalue weighted by molar-refractivity contribution is 14.0. The quantitative estimate of drug-likeness (QED) is 0.281. The number of aryl methyl sites for hydroxylation is 1. The normalized spacial score (nSPS) is 18.6. The van der Waals surface area contributed by atoms with Gasteiger partial charge in [0.2, 0.25) is 5.60 Å². The van der Waals surface area contributed by atoms with Gasteiger partial charge in [-0.3, -0.25) is 4.99 Å². The average molecular weight is 517 g/mol. The number of imidazole rings is 1. The minimum atomic E-state index is -4.83. The largest absolute Gasteiger partial charge is 0.424 e. The maximum Gasteiger partial charge on any atom is 0.424 e. The molecule has 2 rings (SSSR count). The van der Waals surface area contributed by atoms with Gasteiger partial charge >= 0.3 is 6.18 Å². The van der Waals surface area contributed by atoms with Gasteiger partial charge in [0.1, 0.15) is 5.82 Å². The lowest BCUT2D eigenvalue weighted by Crippen LogP contribution is -2.48. The Hall–Kier alpha value is -1.04. The molecule has 0 aromatic carbocycles. The van der Waals surface area contributed by atoms with Crippen LogP contribution in [-0.2, 0) is 12.6 Å². The smallest absolute Gasteiger partial charge is 0.374 e. The number of hydrogen-bond acceptors (Lipinski definition) is 3. The van der Waals surface area contributed by atoms with Crippen LogP contribution in [-0.4, -0.2) is 46.4 Å². The molecule has 0 spiro atoms. The van der Waals surface area contributed by atoms with Crippen molar-refractivity contribution in [2.24, 2.45) is 17.5 Å². The molecule has 0 aliphatic heterocycles. The second kappa shape index (κ2) is 10.1. The fourth-order valence-electron chi connectivity index (χ4n) is 3.40. The Labute approximate surface area is 181 Å². The number of nitrogens with one attached hydrogen (secondary N) is 2. The molecule has 162 valence electrons. The summed E-state index contributed by atoms with van der Waals surface area (Å²) in [5.41, 5.74) is -2.80. The molecule has 0 bridgehead atoms. The fraction of sp³-hybridized carbons (Fsp3) is 0.778. The maximum absolute atomic E-state index is 13.5. The maximum atomic E-state index is 13.5. The summed E-state index contributed by atoms with van der Waals surface area (Å²) in [5, 5.41) is 16.3. The van der Waals surface area contributed by atoms with Gasteiger partial charge in [0.15, 0.2) is 5.96 Å². The summed E-state index contributed by atoms with van der Waals surface area (Å²) in [6.45, 7) is 5.21. The lowest BCUT2D eigenvalue weighted by atomic mass is 9.67. The van der Waals surface area contributed by atoms with Crippen LogP contribution in [0.25, 0.3) is 0 Å². The van der Waals surface area contributed by atoms with Crippen LogP contribution in [0.3, 0.4) is 0 Å². The van der Waals surface area contributed by atoms with Gasteiger partial charge in [0.05, 0.1) is 0 Å². The molecule has 28 heavy (non-hydrogen) atoms. The molecule has 0 saturated heterocycles. The predicted octanol–water partition coefficient (Wildman–Crippen LogP) is 3.31. The molecule has 1 fully saturated rings. The summed E-state index contributed by atoms with van der Waals surface area (Å²) in [7, 11) is 1.43. The number of aliphatic hydroxyl groups is 1. The van der Waals surface area contributed by atoms with Crippen LogP contribution in [0.4, 0.5) is 13.2 Å². The highest BCUT2D eigenvalue weighted by atomic mass is 127. The van der Waals surface area contributed by atoms with Crippen LogP contribution in [0.1, 0.15) is 51.8 Å². The molecule has 1 aromatic heterocycles. The van der Waals surface area contributed by atoms with Crippen molar-refractivity contribution in [1.82, 2.24) is 20.2 Å². The molecule has 10 heteroatoms. The Morgan fingerprint density at radius 3 is 2.43 bits per heavy atom. The Morgan fingerprint density at radius 2 is 2.00 bits per heavy atom. The molecule has 1 aliphatic rings. The molecule has 1 aromatic rings. The Bertz CT molecular complexity index is 640. The number of alkyl halides is 3. The monoisotopic (exact) mass is 517 g/mol. The summed E-state index contributed by atoms with van der Waals surface area (Å²) in [5.74, 6) is 0.0553. The first-order valence-corrected chi connectivity index (χ1v) is 9.46. The van der Waals surface area contributed by atoms with Crippen LogP contribution in [0.5, 0.6) is 0 Å². The van der Waals surface area contributed by atoms with Crippen molar-refractivity contribution in [2.45, 2.75) is 57.7 Å². The number of rotatable bonds is 8. The molecule has 1 heterocycles. The van der Waals surface area contributed by atoms with E-state index in [1.807, 2.05) is 6.92 Å². The number of aromatic nitrogens is 2. The summed E-state index contributed by atoms with van der Waals surface area (Å²) in [4.78, 5) is 8.26. The number of guanidine groups is 1. The van der Waals surface area contributed by atoms with Gasteiger partial charge in [0, 0.05) is 45.5 Å². The molecule has 0 amide bonds. The van der Waals surface area contributed by atoms with Crippen molar-refractivity contribution >= 4 is 29.9 Å². The van der Waals surface area contributed by atoms with Gasteiger partial charge in [-0.2, -0.15) is 13.2 Å². The molecule has 1 saturated carbocycles. The molecular formula is C18H31F3IN5O. The van der Waals surface area contributed by atoms with E-state index < -0.39 is 24.0 Å². The van der Waals surface area contributed by atoms with E-state index in [-0.39, 0.29) is 35.9 Å². The topological polar surface area (TPSA) is 74.5 Å². The third-order valence-corrected chi connectivity index (χ3v) is 5.52. The van der Waals surface area contributed by atoms with Gasteiger partial charge < -0.3 is 20.3 Å². The second-order valence-electron chi connectivity index (χ2n) is 7.30. The Morgan fingerprint density at radius 1 is 1.32 bits per heavy atom. The van der Waals surface area contributed by atoms with E-state index in [0.717, 1.165) is 19.3 Å². The van der Waals surface area contributed by atoms with Crippen molar-refractivity contribution in [3.8, 4) is 0 Å². The molecule has 1 atom stereocenters. The lowest BCUT2D eigenvalue weighted by Gasteiger charge is -2.40. The molecule has 0 radical (unpaired) electrons. The van der Waals surface area contributed by atoms with E-state index in [1.54, 1.807) is 0 Å². The summed E-state index contributed by atoms with van der Waals surface area (Å²) in [6, 6.07) is 0. The third kappa shape index (κ3) is 5.52. The van der Waals surface area contributed by atoms with Gasteiger partial charge in [-0.1, -0.05) is 13.3 Å². The van der Waals surface area contributed by atoms with Crippen LogP contribution < -0.4 is 10.6 Å². The summed E-state index contributed by atoms with van der Waals surface area (Å²) < 4.78 is 41.8. The van der Waals surface area contributed by atoms with Crippen LogP contribution in [0.2, 0.25) is 0 Å². The lowest BCUT2D eigenvalue weighted by molar-refractivity contribution is -0.272. The van der Waals surface area contributed by atoms with Gasteiger partial charge in [-0.25, -0.2) is 4.98 Å². The Kier molecular flexibility index (Phi) is 9.04. The van der Waals surface area contributed by atoms with E-state index in [1.165, 1.54) is 30.4 Å². The first-order chi connectivity index (χ1) is 12.7. The molecule has 1 aliphatic carbocycles. The Balaban J connectivity index is 0.00000392. The highest BCUT2D eigenvalue weighted by Gasteiger charge is 2.57. The SMILES string of the molecule is CCNC(=NCC1(CC)CCC1)NCCC(O)(c1nccn1C)C(F)(F)F.I. The minimum Gasteiger partial charge on any atom is -0.374 e. The van der Waals surface area contributed by atoms with Crippen molar-refractivity contribution in [2.75, 3.05) is 19.6 Å². The number of aliphatic imine (C=N–C) groups is 1. The van der Waals surface area contributed by atoms with Crippen LogP contribution in [0, 0.1) is 5.41 Å². The standard InChI is InChI=1S/C18H30F3N5O.HI/c1-4-16(7-6-8-16)13-25-15(22-5-2)24-10-9-17(27,18(19,20)21)14-23-11-12-26(14)3;/h11-12,27H,4-10,13H2,1-3H3,(H2,22,24,25);1H. The first kappa shape index (κ1) is 25.0. The minimum absolute atomic E-state index is 0. The zero-order valence-corrected chi connectivity index (χ0v) is 19.0. The number of halogens is 4. The number of hydrogen-bond donors (Lipinski definition) is 3. The average Bonchev–Trinajstić information content (AvgIpc) is 2.99. The van der Waals surface area contributed by atoms with Gasteiger partial charge in [-0.15, -0.1) is 24.0 Å². The zero-order valence-electron chi connectivity index (χ0n) is 16.6. The molecule has 1 unspecified atom stereocenters. The van der Waals surface area contributed by atoms with Crippen molar-refractivity contribution in [3.05, 3.63) is 18.2 Å². The first-order valence-electron chi connectivity index (χ1n) is 9.46. The highest BCUT2D eigenvalue weighted by Crippen LogP contribution is 2.44. The van der Waals surface area contributed by atoms with E-state index in [2.05, 4.69) is 27.5 Å². The zero-order chi connectivity index (χ0) is 20.1. The van der Waals surface area contributed by atoms with Crippen LogP contribution in [0.15, 0.2) is 17.4 Å². The van der Waals surface area contributed by atoms with Gasteiger partial charge in [0.25, 0.3) is 0 Å². The van der Waals surface area contributed by atoms with Crippen molar-refractivity contribution in [3.63, 3.8) is 0 Å². The molecule has 6 nitrogen and oxygen atoms in total. The predicted molar refractivity (Wildman–Crippen MR) is 114 cm³/mol. The summed E-state index contributed by atoms with van der Waals surface area (Å²) in [6.07, 6.45) is 1.76. The van der Waals surface area contributed by atoms with E-state index in [9.17, 15) is 18.3 Å².